The summed E-state index contributed by atoms with van der Waals surface area (Å²) >= 11 is 0. The van der Waals surface area contributed by atoms with Crippen LogP contribution < -0.4 is 0 Å². The van der Waals surface area contributed by atoms with Crippen molar-refractivity contribution in [2.24, 2.45) is 0 Å². The highest BCUT2D eigenvalue weighted by atomic mass is 19.1. The molecular weight excluding hydrogens is 107 g/mol. The summed E-state index contributed by atoms with van der Waals surface area (Å²) in [5, 5.41) is 0. The lowest BCUT2D eigenvalue weighted by Crippen LogP contribution is -1.84. The van der Waals surface area contributed by atoms with Crippen molar-refractivity contribution in [3.05, 3.63) is 11.6 Å². The van der Waals surface area contributed by atoms with Gasteiger partial charge < -0.3 is 4.74 Å². The molecular formula is C6H11FO. The van der Waals surface area contributed by atoms with Crippen LogP contribution in [0.1, 0.15) is 20.3 Å². The molecule has 0 spiro atoms. The lowest BCUT2D eigenvalue weighted by molar-refractivity contribution is 0.264. The molecule has 0 aliphatic carbocycles. The molecule has 48 valence electrons. The summed E-state index contributed by atoms with van der Waals surface area (Å²) in [4.78, 5) is 0. The highest BCUT2D eigenvalue weighted by Crippen LogP contribution is 2.08. The summed E-state index contributed by atoms with van der Waals surface area (Å²) in [7, 11) is 1.47. The summed E-state index contributed by atoms with van der Waals surface area (Å²) in [5.41, 5.74) is 0. The molecule has 1 nitrogen and oxygen atoms in total. The van der Waals surface area contributed by atoms with Crippen LogP contribution in [-0.4, -0.2) is 7.11 Å². The van der Waals surface area contributed by atoms with Crippen molar-refractivity contribution in [3.8, 4) is 0 Å². The molecule has 0 aliphatic rings. The molecule has 0 aliphatic heterocycles. The first-order valence-corrected chi connectivity index (χ1v) is 2.61. The zero-order valence-electron chi connectivity index (χ0n) is 5.49. The molecule has 0 aromatic heterocycles. The molecule has 0 unspecified atom stereocenters. The minimum Gasteiger partial charge on any atom is -0.498 e. The van der Waals surface area contributed by atoms with Crippen molar-refractivity contribution in [2.45, 2.75) is 20.3 Å². The van der Waals surface area contributed by atoms with E-state index in [0.717, 1.165) is 0 Å². The number of allylic oxidation sites excluding steroid dienone is 2. The van der Waals surface area contributed by atoms with Gasteiger partial charge in [-0.2, -0.15) is 0 Å². The Hall–Kier alpha value is -0.530. The van der Waals surface area contributed by atoms with Crippen LogP contribution in [0.3, 0.4) is 0 Å². The average molecular weight is 118 g/mol. The smallest absolute Gasteiger partial charge is 0.134 e. The highest BCUT2D eigenvalue weighted by molar-refractivity contribution is 4.95. The number of rotatable bonds is 2. The predicted octanol–water partition coefficient (Wildman–Crippen LogP) is 2.24. The first kappa shape index (κ1) is 7.47. The van der Waals surface area contributed by atoms with Gasteiger partial charge >= 0.3 is 0 Å². The van der Waals surface area contributed by atoms with Gasteiger partial charge in [0.15, 0.2) is 0 Å². The fraction of sp³-hybridized carbons (Fsp3) is 0.667. The molecule has 0 N–H and O–H groups in total. The number of methoxy groups -OCH3 is 1. The van der Waals surface area contributed by atoms with E-state index in [1.54, 1.807) is 0 Å². The van der Waals surface area contributed by atoms with Crippen molar-refractivity contribution >= 4 is 0 Å². The third-order valence-corrected chi connectivity index (χ3v) is 0.952. The van der Waals surface area contributed by atoms with Crippen LogP contribution >= 0.6 is 0 Å². The Morgan fingerprint density at radius 1 is 1.62 bits per heavy atom. The van der Waals surface area contributed by atoms with Gasteiger partial charge in [0.25, 0.3) is 0 Å². The highest BCUT2D eigenvalue weighted by Gasteiger charge is 1.95. The minimum atomic E-state index is -0.227. The maximum atomic E-state index is 12.1. The van der Waals surface area contributed by atoms with Gasteiger partial charge in [0.05, 0.1) is 7.11 Å². The lowest BCUT2D eigenvalue weighted by atomic mass is 10.3. The molecule has 0 heterocycles. The average Bonchev–Trinajstić information content (AvgIpc) is 1.69. The van der Waals surface area contributed by atoms with Gasteiger partial charge in [0.1, 0.15) is 11.6 Å². The Morgan fingerprint density at radius 2 is 2.12 bits per heavy atom. The second kappa shape index (κ2) is 3.47. The molecule has 2 heteroatoms. The second-order valence-corrected chi connectivity index (χ2v) is 1.51. The summed E-state index contributed by atoms with van der Waals surface area (Å²) < 4.78 is 16.8. The molecule has 0 saturated carbocycles. The van der Waals surface area contributed by atoms with Crippen molar-refractivity contribution in [1.29, 1.82) is 0 Å². The molecule has 0 saturated heterocycles. The van der Waals surface area contributed by atoms with Crippen molar-refractivity contribution in [2.75, 3.05) is 7.11 Å². The van der Waals surface area contributed by atoms with E-state index in [1.165, 1.54) is 14.0 Å². The maximum Gasteiger partial charge on any atom is 0.134 e. The van der Waals surface area contributed by atoms with Crippen LogP contribution in [0.2, 0.25) is 0 Å². The Labute approximate surface area is 49.2 Å². The van der Waals surface area contributed by atoms with Gasteiger partial charge in [0, 0.05) is 6.42 Å². The largest absolute Gasteiger partial charge is 0.498 e. The normalized spacial score (nSPS) is 13.0. The Bertz CT molecular complexity index is 86.7. The Morgan fingerprint density at radius 3 is 2.12 bits per heavy atom. The van der Waals surface area contributed by atoms with Crippen molar-refractivity contribution < 1.29 is 9.13 Å². The van der Waals surface area contributed by atoms with Gasteiger partial charge in [-0.15, -0.1) is 0 Å². The van der Waals surface area contributed by atoms with E-state index in [4.69, 9.17) is 0 Å². The predicted molar refractivity (Wildman–Crippen MR) is 31.1 cm³/mol. The van der Waals surface area contributed by atoms with E-state index in [2.05, 4.69) is 4.74 Å². The van der Waals surface area contributed by atoms with Gasteiger partial charge in [-0.05, 0) is 6.92 Å². The molecule has 0 aromatic carbocycles. The van der Waals surface area contributed by atoms with Crippen LogP contribution in [-0.2, 0) is 4.74 Å². The third-order valence-electron chi connectivity index (χ3n) is 0.952. The number of ether oxygens (including phenoxy) is 1. The monoisotopic (exact) mass is 118 g/mol. The minimum absolute atomic E-state index is 0.227. The molecule has 0 bridgehead atoms. The van der Waals surface area contributed by atoms with E-state index >= 15 is 0 Å². The molecule has 8 heavy (non-hydrogen) atoms. The van der Waals surface area contributed by atoms with Gasteiger partial charge in [-0.1, -0.05) is 6.92 Å². The third kappa shape index (κ3) is 1.96. The second-order valence-electron chi connectivity index (χ2n) is 1.51. The molecule has 0 rings (SSSR count). The van der Waals surface area contributed by atoms with E-state index in [9.17, 15) is 4.39 Å². The number of hydrogen-bond donors (Lipinski definition) is 0. The summed E-state index contributed by atoms with van der Waals surface area (Å²) in [6, 6.07) is 0. The molecule has 0 aromatic rings. The molecule has 0 fully saturated rings. The standard InChI is InChI=1S/C6H11FO/c1-4-6(8-3)5(2)7/h4H2,1-3H3. The van der Waals surface area contributed by atoms with Crippen LogP contribution in [0.25, 0.3) is 0 Å². The molecule has 0 atom stereocenters. The number of hydrogen-bond acceptors (Lipinski definition) is 1. The maximum absolute atomic E-state index is 12.1. The summed E-state index contributed by atoms with van der Waals surface area (Å²) in [5.74, 6) is 0.208. The SMILES string of the molecule is CCC(OC)=C(C)F. The van der Waals surface area contributed by atoms with Crippen LogP contribution in [0.15, 0.2) is 11.6 Å². The first-order valence-electron chi connectivity index (χ1n) is 2.61. The molecule has 0 amide bonds. The summed E-state index contributed by atoms with van der Waals surface area (Å²) in [6.45, 7) is 3.24. The zero-order chi connectivity index (χ0) is 6.57. The molecule has 0 radical (unpaired) electrons. The van der Waals surface area contributed by atoms with Gasteiger partial charge in [-0.3, -0.25) is 0 Å². The quantitative estimate of drug-likeness (QED) is 0.505. The fourth-order valence-electron chi connectivity index (χ4n) is 0.529. The number of halogens is 1. The van der Waals surface area contributed by atoms with Crippen LogP contribution in [0.4, 0.5) is 4.39 Å². The Kier molecular flexibility index (Phi) is 3.24. The van der Waals surface area contributed by atoms with Crippen molar-refractivity contribution in [3.63, 3.8) is 0 Å². The van der Waals surface area contributed by atoms with E-state index in [-0.39, 0.29) is 5.83 Å². The van der Waals surface area contributed by atoms with E-state index in [1.807, 2.05) is 6.92 Å². The first-order chi connectivity index (χ1) is 3.72. The van der Waals surface area contributed by atoms with Crippen LogP contribution in [0.5, 0.6) is 0 Å². The zero-order valence-corrected chi connectivity index (χ0v) is 5.49. The van der Waals surface area contributed by atoms with E-state index < -0.39 is 0 Å². The fourth-order valence-corrected chi connectivity index (χ4v) is 0.529. The van der Waals surface area contributed by atoms with Gasteiger partial charge in [0.2, 0.25) is 0 Å². The topological polar surface area (TPSA) is 9.23 Å². The Balaban J connectivity index is 3.86. The van der Waals surface area contributed by atoms with Gasteiger partial charge in [-0.25, -0.2) is 4.39 Å². The summed E-state index contributed by atoms with van der Waals surface area (Å²) in [6.07, 6.45) is 0.624. The van der Waals surface area contributed by atoms with Crippen LogP contribution in [0, 0.1) is 0 Å². The van der Waals surface area contributed by atoms with E-state index in [0.29, 0.717) is 12.2 Å². The lowest BCUT2D eigenvalue weighted by Gasteiger charge is -2.00. The van der Waals surface area contributed by atoms with Crippen molar-refractivity contribution in [1.82, 2.24) is 0 Å².